The fourth-order valence-electron chi connectivity index (χ4n) is 3.86. The number of aliphatic hydroxyl groups excluding tert-OH is 1. The maximum atomic E-state index is 13.4. The van der Waals surface area contributed by atoms with Crippen LogP contribution in [0.5, 0.6) is 0 Å². The molecule has 0 bridgehead atoms. The third kappa shape index (κ3) is 9.91. The quantitative estimate of drug-likeness (QED) is 0.257. The number of hydrogen-bond donors (Lipinski definition) is 4. The summed E-state index contributed by atoms with van der Waals surface area (Å²) in [5.74, 6) is -1.73. The van der Waals surface area contributed by atoms with Crippen molar-refractivity contribution in [2.45, 2.75) is 44.1 Å². The van der Waals surface area contributed by atoms with Gasteiger partial charge in [0.15, 0.2) is 0 Å². The number of hydrogen-bond acceptors (Lipinski definition) is 5. The first-order chi connectivity index (χ1) is 18.4. The van der Waals surface area contributed by atoms with Crippen molar-refractivity contribution >= 4 is 18.0 Å². The summed E-state index contributed by atoms with van der Waals surface area (Å²) >= 11 is 0. The van der Waals surface area contributed by atoms with Crippen LogP contribution in [0.15, 0.2) is 103 Å². The van der Waals surface area contributed by atoms with Gasteiger partial charge in [0.2, 0.25) is 5.91 Å². The monoisotopic (exact) mass is 516 g/mol. The van der Waals surface area contributed by atoms with Crippen LogP contribution < -0.4 is 10.6 Å². The standard InChI is InChI=1S/C30H32N2O6/c33-27(18-19-28(34)35)25(17-16-22-10-4-1-5-11-22)31-29(36)26(20-23-12-6-2-7-13-23)32-30(37)38-21-24-14-8-3-9-15-24/h1-15,18-19,25-27,33H,16-17,20-21H2,(H,31,36)(H,32,37)(H,34,35)/b19-18+/t25-,26-,27-/m0/s1. The Bertz CT molecular complexity index is 1190. The molecule has 0 radical (unpaired) electrons. The van der Waals surface area contributed by atoms with Gasteiger partial charge in [-0.15, -0.1) is 0 Å². The Morgan fingerprint density at radius 1 is 0.789 bits per heavy atom. The highest BCUT2D eigenvalue weighted by molar-refractivity contribution is 5.86. The molecule has 0 aliphatic rings. The zero-order valence-corrected chi connectivity index (χ0v) is 20.9. The molecule has 0 saturated heterocycles. The van der Waals surface area contributed by atoms with Gasteiger partial charge in [0, 0.05) is 12.5 Å². The van der Waals surface area contributed by atoms with Gasteiger partial charge in [-0.1, -0.05) is 91.0 Å². The van der Waals surface area contributed by atoms with Gasteiger partial charge in [-0.2, -0.15) is 0 Å². The first-order valence-electron chi connectivity index (χ1n) is 12.4. The van der Waals surface area contributed by atoms with Crippen molar-refractivity contribution in [2.75, 3.05) is 0 Å². The lowest BCUT2D eigenvalue weighted by atomic mass is 9.99. The molecule has 3 aromatic rings. The molecule has 0 unspecified atom stereocenters. The van der Waals surface area contributed by atoms with Crippen molar-refractivity contribution < 1.29 is 29.3 Å². The Morgan fingerprint density at radius 2 is 1.34 bits per heavy atom. The number of carboxylic acids is 1. The molecule has 0 aromatic heterocycles. The van der Waals surface area contributed by atoms with Crippen molar-refractivity contribution in [1.82, 2.24) is 10.6 Å². The Morgan fingerprint density at radius 3 is 1.92 bits per heavy atom. The fourth-order valence-corrected chi connectivity index (χ4v) is 3.86. The first kappa shape index (κ1) is 28.1. The number of carboxylic acid groups (broad SMARTS) is 1. The normalized spacial score (nSPS) is 13.3. The van der Waals surface area contributed by atoms with E-state index >= 15 is 0 Å². The largest absolute Gasteiger partial charge is 0.478 e. The van der Waals surface area contributed by atoms with Gasteiger partial charge in [-0.05, 0) is 35.6 Å². The Labute approximate surface area is 222 Å². The summed E-state index contributed by atoms with van der Waals surface area (Å²) in [5, 5.41) is 25.1. The number of aliphatic hydroxyl groups is 1. The predicted molar refractivity (Wildman–Crippen MR) is 143 cm³/mol. The molecule has 3 rings (SSSR count). The zero-order valence-electron chi connectivity index (χ0n) is 20.9. The van der Waals surface area contributed by atoms with Gasteiger partial charge in [0.25, 0.3) is 0 Å². The summed E-state index contributed by atoms with van der Waals surface area (Å²) in [7, 11) is 0. The van der Waals surface area contributed by atoms with E-state index in [4.69, 9.17) is 9.84 Å². The number of carbonyl (C=O) groups is 3. The van der Waals surface area contributed by atoms with Crippen molar-refractivity contribution in [3.8, 4) is 0 Å². The minimum atomic E-state index is -1.25. The molecule has 3 atom stereocenters. The fraction of sp³-hybridized carbons (Fsp3) is 0.233. The lowest BCUT2D eigenvalue weighted by Crippen LogP contribution is -2.53. The molecule has 0 aliphatic heterocycles. The number of aliphatic carboxylic acids is 1. The van der Waals surface area contributed by atoms with E-state index < -0.39 is 36.2 Å². The molecular formula is C30H32N2O6. The molecule has 0 heterocycles. The van der Waals surface area contributed by atoms with Gasteiger partial charge >= 0.3 is 12.1 Å². The molecular weight excluding hydrogens is 484 g/mol. The van der Waals surface area contributed by atoms with Crippen molar-refractivity contribution in [2.24, 2.45) is 0 Å². The average molecular weight is 517 g/mol. The number of aryl methyl sites for hydroxylation is 1. The maximum Gasteiger partial charge on any atom is 0.408 e. The summed E-state index contributed by atoms with van der Waals surface area (Å²) in [5.41, 5.74) is 2.63. The summed E-state index contributed by atoms with van der Waals surface area (Å²) in [4.78, 5) is 37.0. The Kier molecular flexibility index (Phi) is 11.1. The van der Waals surface area contributed by atoms with E-state index in [0.717, 1.165) is 28.8 Å². The second-order valence-corrected chi connectivity index (χ2v) is 8.78. The number of amides is 2. The van der Waals surface area contributed by atoms with Crippen LogP contribution in [0.25, 0.3) is 0 Å². The number of ether oxygens (including phenoxy) is 1. The van der Waals surface area contributed by atoms with Crippen LogP contribution in [0.2, 0.25) is 0 Å². The van der Waals surface area contributed by atoms with Crippen molar-refractivity contribution in [3.63, 3.8) is 0 Å². The smallest absolute Gasteiger partial charge is 0.408 e. The van der Waals surface area contributed by atoms with Gasteiger partial charge < -0.3 is 25.6 Å². The van der Waals surface area contributed by atoms with Crippen LogP contribution in [0.3, 0.4) is 0 Å². The van der Waals surface area contributed by atoms with E-state index in [-0.39, 0.29) is 13.0 Å². The molecule has 38 heavy (non-hydrogen) atoms. The predicted octanol–water partition coefficient (Wildman–Crippen LogP) is 3.64. The minimum absolute atomic E-state index is 0.0464. The van der Waals surface area contributed by atoms with Gasteiger partial charge in [-0.25, -0.2) is 9.59 Å². The van der Waals surface area contributed by atoms with Crippen LogP contribution in [0.4, 0.5) is 4.79 Å². The molecule has 8 heteroatoms. The van der Waals surface area contributed by atoms with Crippen LogP contribution >= 0.6 is 0 Å². The zero-order chi connectivity index (χ0) is 27.2. The number of benzene rings is 3. The van der Waals surface area contributed by atoms with E-state index in [0.29, 0.717) is 12.8 Å². The van der Waals surface area contributed by atoms with Crippen molar-refractivity contribution in [3.05, 3.63) is 120 Å². The second-order valence-electron chi connectivity index (χ2n) is 8.78. The van der Waals surface area contributed by atoms with Crippen LogP contribution in [-0.2, 0) is 33.8 Å². The number of rotatable bonds is 13. The molecule has 2 amide bonds. The number of alkyl carbamates (subject to hydrolysis) is 1. The third-order valence-corrected chi connectivity index (χ3v) is 5.87. The van der Waals surface area contributed by atoms with E-state index in [9.17, 15) is 19.5 Å². The van der Waals surface area contributed by atoms with E-state index in [1.165, 1.54) is 0 Å². The van der Waals surface area contributed by atoms with Gasteiger partial charge in [0.05, 0.1) is 12.1 Å². The average Bonchev–Trinajstić information content (AvgIpc) is 2.94. The Hall–Kier alpha value is -4.43. The van der Waals surface area contributed by atoms with Gasteiger partial charge in [-0.3, -0.25) is 4.79 Å². The topological polar surface area (TPSA) is 125 Å². The lowest BCUT2D eigenvalue weighted by Gasteiger charge is -2.26. The second kappa shape index (κ2) is 15.0. The molecule has 4 N–H and O–H groups in total. The lowest BCUT2D eigenvalue weighted by molar-refractivity contribution is -0.131. The maximum absolute atomic E-state index is 13.4. The molecule has 0 spiro atoms. The molecule has 0 fully saturated rings. The first-order valence-corrected chi connectivity index (χ1v) is 12.4. The summed E-state index contributed by atoms with van der Waals surface area (Å²) in [6, 6.07) is 26.1. The van der Waals surface area contributed by atoms with E-state index in [2.05, 4.69) is 10.6 Å². The highest BCUT2D eigenvalue weighted by Crippen LogP contribution is 2.11. The summed E-state index contributed by atoms with van der Waals surface area (Å²) < 4.78 is 5.31. The third-order valence-electron chi connectivity index (χ3n) is 5.87. The van der Waals surface area contributed by atoms with Crippen LogP contribution in [0.1, 0.15) is 23.1 Å². The van der Waals surface area contributed by atoms with Crippen LogP contribution in [-0.4, -0.2) is 46.4 Å². The van der Waals surface area contributed by atoms with Gasteiger partial charge in [0.1, 0.15) is 12.6 Å². The Balaban J connectivity index is 1.72. The molecule has 0 aliphatic carbocycles. The highest BCUT2D eigenvalue weighted by atomic mass is 16.5. The minimum Gasteiger partial charge on any atom is -0.478 e. The molecule has 0 saturated carbocycles. The summed E-state index contributed by atoms with van der Waals surface area (Å²) in [6.45, 7) is 0.0464. The van der Waals surface area contributed by atoms with Crippen LogP contribution in [0, 0.1) is 0 Å². The summed E-state index contributed by atoms with van der Waals surface area (Å²) in [6.07, 6.45) is 1.05. The number of nitrogens with one attached hydrogen (secondary N) is 2. The molecule has 198 valence electrons. The SMILES string of the molecule is O=C(O)/C=C/[C@H](O)[C@H](CCc1ccccc1)NC(=O)[C@H](Cc1ccccc1)NC(=O)OCc1ccccc1. The highest BCUT2D eigenvalue weighted by Gasteiger charge is 2.27. The molecule has 3 aromatic carbocycles. The molecule has 8 nitrogen and oxygen atoms in total. The number of carbonyl (C=O) groups excluding carboxylic acids is 2. The van der Waals surface area contributed by atoms with E-state index in [1.54, 1.807) is 0 Å². The van der Waals surface area contributed by atoms with Crippen molar-refractivity contribution in [1.29, 1.82) is 0 Å². The van der Waals surface area contributed by atoms with E-state index in [1.807, 2.05) is 91.0 Å².